The normalized spacial score (nSPS) is 11.4. The van der Waals surface area contributed by atoms with Crippen LogP contribution in [0.2, 0.25) is 0 Å². The van der Waals surface area contributed by atoms with Crippen molar-refractivity contribution < 1.29 is 13.2 Å². The van der Waals surface area contributed by atoms with Crippen molar-refractivity contribution >= 4 is 31.7 Å². The fourth-order valence-corrected chi connectivity index (χ4v) is 4.39. The maximum atomic E-state index is 12.7. The van der Waals surface area contributed by atoms with E-state index in [0.29, 0.717) is 24.2 Å². The smallest absolute Gasteiger partial charge is 0.254 e. The van der Waals surface area contributed by atoms with Gasteiger partial charge in [0.05, 0.1) is 10.6 Å². The first-order chi connectivity index (χ1) is 11.8. The fourth-order valence-electron chi connectivity index (χ4n) is 2.68. The Hall–Kier alpha value is -1.66. The third-order valence-corrected chi connectivity index (χ3v) is 6.46. The summed E-state index contributed by atoms with van der Waals surface area (Å²) in [5.74, 6) is -0.190. The lowest BCUT2D eigenvalue weighted by Gasteiger charge is -2.20. The second kappa shape index (κ2) is 8.15. The molecule has 1 amide bonds. The minimum atomic E-state index is -3.47. The molecule has 0 bridgehead atoms. The number of hydrogen-bond donors (Lipinski definition) is 0. The average Bonchev–Trinajstić information content (AvgIpc) is 2.58. The number of rotatable bonds is 6. The highest BCUT2D eigenvalue weighted by atomic mass is 79.9. The lowest BCUT2D eigenvalue weighted by Crippen LogP contribution is -2.31. The first-order valence-electron chi connectivity index (χ1n) is 8.16. The number of nitrogens with zero attached hydrogens (tertiary/aromatic N) is 1. The summed E-state index contributed by atoms with van der Waals surface area (Å²) >= 11 is 3.31. The molecule has 2 rings (SSSR count). The second-order valence-corrected chi connectivity index (χ2v) is 8.69. The van der Waals surface area contributed by atoms with Gasteiger partial charge in [-0.15, -0.1) is 0 Å². The molecular weight excluding hydrogens is 402 g/mol. The van der Waals surface area contributed by atoms with Crippen molar-refractivity contribution in [1.29, 1.82) is 0 Å². The van der Waals surface area contributed by atoms with Crippen molar-refractivity contribution in [3.8, 4) is 0 Å². The van der Waals surface area contributed by atoms with Gasteiger partial charge in [-0.05, 0) is 62.2 Å². The summed E-state index contributed by atoms with van der Waals surface area (Å²) in [6.45, 7) is 6.91. The molecule has 0 atom stereocenters. The number of carbonyl (C=O) groups is 1. The molecule has 0 radical (unpaired) electrons. The first kappa shape index (κ1) is 19.7. The van der Waals surface area contributed by atoms with Crippen LogP contribution in [-0.2, 0) is 15.6 Å². The van der Waals surface area contributed by atoms with Crippen LogP contribution < -0.4 is 0 Å². The van der Waals surface area contributed by atoms with Gasteiger partial charge in [0.15, 0.2) is 9.84 Å². The maximum absolute atomic E-state index is 12.7. The Bertz CT molecular complexity index is 857. The van der Waals surface area contributed by atoms with Crippen LogP contribution in [0, 0.1) is 6.92 Å². The lowest BCUT2D eigenvalue weighted by atomic mass is 10.0. The van der Waals surface area contributed by atoms with Crippen molar-refractivity contribution in [3.05, 3.63) is 63.6 Å². The third kappa shape index (κ3) is 4.50. The van der Waals surface area contributed by atoms with Crippen LogP contribution >= 0.6 is 15.9 Å². The standard InChI is InChI=1S/C19H22BrNO3S/c1-4-21(5-2)19(22)18-8-6-7-15(14(18)3)13-25(23,24)17-11-9-16(20)10-12-17/h6-12H,4-5,13H2,1-3H3. The van der Waals surface area contributed by atoms with E-state index in [1.54, 1.807) is 47.4 Å². The predicted octanol–water partition coefficient (Wildman–Crippen LogP) is 4.21. The van der Waals surface area contributed by atoms with E-state index >= 15 is 0 Å². The Morgan fingerprint density at radius 2 is 1.64 bits per heavy atom. The molecule has 0 aliphatic heterocycles. The summed E-state index contributed by atoms with van der Waals surface area (Å²) in [5.41, 5.74) is 1.94. The van der Waals surface area contributed by atoms with Gasteiger partial charge in [-0.3, -0.25) is 4.79 Å². The summed E-state index contributed by atoms with van der Waals surface area (Å²) in [5, 5.41) is 0. The quantitative estimate of drug-likeness (QED) is 0.698. The molecule has 0 saturated carbocycles. The molecule has 0 aliphatic carbocycles. The van der Waals surface area contributed by atoms with Crippen molar-refractivity contribution in [3.63, 3.8) is 0 Å². The largest absolute Gasteiger partial charge is 0.339 e. The highest BCUT2D eigenvalue weighted by Crippen LogP contribution is 2.23. The molecule has 2 aromatic rings. The van der Waals surface area contributed by atoms with Crippen LogP contribution in [0.1, 0.15) is 35.3 Å². The van der Waals surface area contributed by atoms with E-state index in [1.165, 1.54) is 0 Å². The summed E-state index contributed by atoms with van der Waals surface area (Å²) in [6.07, 6.45) is 0. The van der Waals surface area contributed by atoms with Gasteiger partial charge in [-0.2, -0.15) is 0 Å². The van der Waals surface area contributed by atoms with Gasteiger partial charge in [0, 0.05) is 23.1 Å². The average molecular weight is 424 g/mol. The summed E-state index contributed by atoms with van der Waals surface area (Å²) in [7, 11) is -3.47. The molecule has 4 nitrogen and oxygen atoms in total. The van der Waals surface area contributed by atoms with Crippen LogP contribution in [0.25, 0.3) is 0 Å². The number of hydrogen-bond acceptors (Lipinski definition) is 3. The van der Waals surface area contributed by atoms with E-state index in [-0.39, 0.29) is 16.6 Å². The summed E-state index contributed by atoms with van der Waals surface area (Å²) < 4.78 is 26.2. The van der Waals surface area contributed by atoms with E-state index in [9.17, 15) is 13.2 Å². The second-order valence-electron chi connectivity index (χ2n) is 5.78. The van der Waals surface area contributed by atoms with Crippen molar-refractivity contribution in [1.82, 2.24) is 4.90 Å². The predicted molar refractivity (Wildman–Crippen MR) is 103 cm³/mol. The molecule has 0 unspecified atom stereocenters. The molecular formula is C19H22BrNO3S. The van der Waals surface area contributed by atoms with Gasteiger partial charge >= 0.3 is 0 Å². The molecule has 0 heterocycles. The van der Waals surface area contributed by atoms with E-state index in [2.05, 4.69) is 15.9 Å². The molecule has 0 spiro atoms. The van der Waals surface area contributed by atoms with Gasteiger partial charge in [0.25, 0.3) is 5.91 Å². The van der Waals surface area contributed by atoms with Gasteiger partial charge in [0.1, 0.15) is 0 Å². The van der Waals surface area contributed by atoms with Crippen LogP contribution in [0.15, 0.2) is 51.8 Å². The van der Waals surface area contributed by atoms with Crippen LogP contribution in [0.4, 0.5) is 0 Å². The zero-order valence-corrected chi connectivity index (χ0v) is 17.0. The molecule has 2 aromatic carbocycles. The fraction of sp³-hybridized carbons (Fsp3) is 0.316. The molecule has 6 heteroatoms. The molecule has 0 fully saturated rings. The maximum Gasteiger partial charge on any atom is 0.254 e. The molecule has 0 aromatic heterocycles. The van der Waals surface area contributed by atoms with Gasteiger partial charge in [-0.25, -0.2) is 8.42 Å². The van der Waals surface area contributed by atoms with Gasteiger partial charge < -0.3 is 4.90 Å². The van der Waals surface area contributed by atoms with E-state index in [4.69, 9.17) is 0 Å². The number of halogens is 1. The zero-order valence-electron chi connectivity index (χ0n) is 14.6. The zero-order chi connectivity index (χ0) is 18.6. The number of carbonyl (C=O) groups excluding carboxylic acids is 1. The molecule has 25 heavy (non-hydrogen) atoms. The Morgan fingerprint density at radius 3 is 2.20 bits per heavy atom. The summed E-state index contributed by atoms with van der Waals surface area (Å²) in [4.78, 5) is 14.6. The molecule has 0 aliphatic rings. The summed E-state index contributed by atoms with van der Waals surface area (Å²) in [6, 6.07) is 11.9. The molecule has 0 N–H and O–H groups in total. The van der Waals surface area contributed by atoms with Gasteiger partial charge in [0.2, 0.25) is 0 Å². The highest BCUT2D eigenvalue weighted by Gasteiger charge is 2.20. The molecule has 134 valence electrons. The van der Waals surface area contributed by atoms with E-state index < -0.39 is 9.84 Å². The third-order valence-electron chi connectivity index (χ3n) is 4.25. The van der Waals surface area contributed by atoms with Gasteiger partial charge in [-0.1, -0.05) is 28.1 Å². The van der Waals surface area contributed by atoms with Crippen LogP contribution in [0.3, 0.4) is 0 Å². The monoisotopic (exact) mass is 423 g/mol. The van der Waals surface area contributed by atoms with Crippen LogP contribution in [-0.4, -0.2) is 32.3 Å². The topological polar surface area (TPSA) is 54.5 Å². The Labute approximate surface area is 157 Å². The Kier molecular flexibility index (Phi) is 6.41. The van der Waals surface area contributed by atoms with E-state index in [1.807, 2.05) is 20.8 Å². The van der Waals surface area contributed by atoms with Crippen LogP contribution in [0.5, 0.6) is 0 Å². The van der Waals surface area contributed by atoms with Crippen molar-refractivity contribution in [2.45, 2.75) is 31.4 Å². The number of sulfone groups is 1. The van der Waals surface area contributed by atoms with Crippen molar-refractivity contribution in [2.75, 3.05) is 13.1 Å². The highest BCUT2D eigenvalue weighted by molar-refractivity contribution is 9.10. The minimum absolute atomic E-state index is 0.0645. The minimum Gasteiger partial charge on any atom is -0.339 e. The van der Waals surface area contributed by atoms with Crippen molar-refractivity contribution in [2.24, 2.45) is 0 Å². The first-order valence-corrected chi connectivity index (χ1v) is 10.6. The molecule has 0 saturated heterocycles. The SMILES string of the molecule is CCN(CC)C(=O)c1cccc(CS(=O)(=O)c2ccc(Br)cc2)c1C. The number of benzene rings is 2. The number of amides is 1. The Morgan fingerprint density at radius 1 is 1.04 bits per heavy atom. The van der Waals surface area contributed by atoms with E-state index in [0.717, 1.165) is 10.0 Å². The lowest BCUT2D eigenvalue weighted by molar-refractivity contribution is 0.0772. The Balaban J connectivity index is 2.36.